The van der Waals surface area contributed by atoms with Crippen molar-refractivity contribution in [2.75, 3.05) is 13.3 Å². The van der Waals surface area contributed by atoms with Gasteiger partial charge in [0.05, 0.1) is 12.2 Å². The maximum absolute atomic E-state index is 13.6. The van der Waals surface area contributed by atoms with Gasteiger partial charge in [-0.2, -0.15) is 5.10 Å². The minimum absolute atomic E-state index is 0.0253. The van der Waals surface area contributed by atoms with E-state index < -0.39 is 23.7 Å². The first-order valence-corrected chi connectivity index (χ1v) is 12.2. The largest absolute Gasteiger partial charge is 0.451 e. The molecular weight excluding hydrogens is 472 g/mol. The standard InChI is InChI=1S/C28H32N4O5/c1-18(2)31-16-21(23(19-11-7-5-8-12-19)20-13-9-6-10-14-20)32-24(26(31)34)25(22(33)15-30-32)36-17-37-27(35)28(3,4)29/h5-15,18,21,23H,16-17,29H2,1-4H3/t21-/m1/s1. The van der Waals surface area contributed by atoms with E-state index in [-0.39, 0.29) is 35.4 Å². The third-order valence-corrected chi connectivity index (χ3v) is 6.37. The predicted octanol–water partition coefficient (Wildman–Crippen LogP) is 3.10. The molecule has 0 fully saturated rings. The summed E-state index contributed by atoms with van der Waals surface area (Å²) in [5.74, 6) is -1.46. The highest BCUT2D eigenvalue weighted by Crippen LogP contribution is 2.39. The molecule has 3 aromatic rings. The van der Waals surface area contributed by atoms with Crippen LogP contribution in [0.25, 0.3) is 0 Å². The summed E-state index contributed by atoms with van der Waals surface area (Å²) in [6.07, 6.45) is 1.13. The molecule has 0 unspecified atom stereocenters. The van der Waals surface area contributed by atoms with Gasteiger partial charge in [-0.15, -0.1) is 0 Å². The van der Waals surface area contributed by atoms with Gasteiger partial charge in [0.15, 0.2) is 5.69 Å². The van der Waals surface area contributed by atoms with E-state index >= 15 is 0 Å². The Morgan fingerprint density at radius 3 is 2.14 bits per heavy atom. The molecule has 0 saturated heterocycles. The third-order valence-electron chi connectivity index (χ3n) is 6.37. The molecular formula is C28H32N4O5. The normalized spacial score (nSPS) is 15.6. The lowest BCUT2D eigenvalue weighted by molar-refractivity contribution is -0.155. The zero-order valence-electron chi connectivity index (χ0n) is 21.5. The molecule has 1 aliphatic heterocycles. The second-order valence-electron chi connectivity index (χ2n) is 9.96. The number of hydrogen-bond donors (Lipinski definition) is 1. The van der Waals surface area contributed by atoms with E-state index in [1.165, 1.54) is 13.8 Å². The second-order valence-corrected chi connectivity index (χ2v) is 9.96. The summed E-state index contributed by atoms with van der Waals surface area (Å²) in [7, 11) is 0. The molecule has 2 heterocycles. The number of ether oxygens (including phenoxy) is 2. The van der Waals surface area contributed by atoms with Crippen LogP contribution in [0, 0.1) is 0 Å². The van der Waals surface area contributed by atoms with E-state index in [1.54, 1.807) is 9.58 Å². The van der Waals surface area contributed by atoms with Gasteiger partial charge in [-0.3, -0.25) is 14.3 Å². The SMILES string of the molecule is CC(C)N1C[C@H](C(c2ccccc2)c2ccccc2)n2ncc(=O)c(OCOC(=O)C(C)(C)N)c2C1=O. The van der Waals surface area contributed by atoms with E-state index in [2.05, 4.69) is 5.10 Å². The van der Waals surface area contributed by atoms with Gasteiger partial charge in [-0.1, -0.05) is 60.7 Å². The average molecular weight is 505 g/mol. The minimum atomic E-state index is -1.23. The fourth-order valence-electron chi connectivity index (χ4n) is 4.51. The van der Waals surface area contributed by atoms with Gasteiger partial charge in [0, 0.05) is 18.5 Å². The van der Waals surface area contributed by atoms with Crippen molar-refractivity contribution in [2.24, 2.45) is 5.73 Å². The fourth-order valence-corrected chi connectivity index (χ4v) is 4.51. The van der Waals surface area contributed by atoms with Gasteiger partial charge < -0.3 is 20.1 Å². The van der Waals surface area contributed by atoms with Crippen molar-refractivity contribution in [1.29, 1.82) is 0 Å². The highest BCUT2D eigenvalue weighted by molar-refractivity contribution is 5.96. The molecule has 9 heteroatoms. The molecule has 2 N–H and O–H groups in total. The van der Waals surface area contributed by atoms with Crippen molar-refractivity contribution in [3.8, 4) is 5.75 Å². The van der Waals surface area contributed by atoms with Crippen LogP contribution < -0.4 is 15.9 Å². The van der Waals surface area contributed by atoms with Crippen LogP contribution in [-0.2, 0) is 9.53 Å². The van der Waals surface area contributed by atoms with Gasteiger partial charge >= 0.3 is 5.97 Å². The highest BCUT2D eigenvalue weighted by Gasteiger charge is 2.41. The third kappa shape index (κ3) is 5.41. The number of nitrogens with two attached hydrogens (primary N) is 1. The Labute approximate surface area is 215 Å². The van der Waals surface area contributed by atoms with E-state index in [4.69, 9.17) is 15.2 Å². The molecule has 0 radical (unpaired) electrons. The Hall–Kier alpha value is -3.98. The topological polar surface area (TPSA) is 117 Å². The Kier molecular flexibility index (Phi) is 7.45. The Balaban J connectivity index is 1.83. The number of aromatic nitrogens is 2. The zero-order chi connectivity index (χ0) is 26.7. The van der Waals surface area contributed by atoms with Crippen molar-refractivity contribution in [2.45, 2.75) is 51.2 Å². The minimum Gasteiger partial charge on any atom is -0.451 e. The molecule has 37 heavy (non-hydrogen) atoms. The van der Waals surface area contributed by atoms with Crippen LogP contribution in [-0.4, -0.2) is 51.5 Å². The monoisotopic (exact) mass is 504 g/mol. The summed E-state index contributed by atoms with van der Waals surface area (Å²) in [4.78, 5) is 40.3. The summed E-state index contributed by atoms with van der Waals surface area (Å²) >= 11 is 0. The van der Waals surface area contributed by atoms with E-state index in [9.17, 15) is 14.4 Å². The fraction of sp³-hybridized carbons (Fsp3) is 0.357. The first-order valence-electron chi connectivity index (χ1n) is 12.2. The van der Waals surface area contributed by atoms with Gasteiger partial charge in [0.1, 0.15) is 5.54 Å². The number of esters is 1. The van der Waals surface area contributed by atoms with Crippen molar-refractivity contribution < 1.29 is 19.1 Å². The van der Waals surface area contributed by atoms with Gasteiger partial charge in [0.25, 0.3) is 5.91 Å². The quantitative estimate of drug-likeness (QED) is 0.370. The number of carbonyl (C=O) groups is 2. The number of fused-ring (bicyclic) bond motifs is 1. The lowest BCUT2D eigenvalue weighted by Crippen LogP contribution is -2.50. The second kappa shape index (κ2) is 10.6. The summed E-state index contributed by atoms with van der Waals surface area (Å²) in [6, 6.07) is 19.5. The molecule has 0 aliphatic carbocycles. The van der Waals surface area contributed by atoms with Crippen molar-refractivity contribution in [1.82, 2.24) is 14.7 Å². The molecule has 194 valence electrons. The lowest BCUT2D eigenvalue weighted by atomic mass is 9.83. The van der Waals surface area contributed by atoms with Crippen molar-refractivity contribution >= 4 is 11.9 Å². The molecule has 1 atom stereocenters. The molecule has 0 saturated carbocycles. The Morgan fingerprint density at radius 2 is 1.62 bits per heavy atom. The lowest BCUT2D eigenvalue weighted by Gasteiger charge is -2.41. The summed E-state index contributed by atoms with van der Waals surface area (Å²) in [5.41, 5.74) is 6.07. The van der Waals surface area contributed by atoms with E-state index in [1.807, 2.05) is 74.5 Å². The predicted molar refractivity (Wildman–Crippen MR) is 138 cm³/mol. The molecule has 0 bridgehead atoms. The maximum atomic E-state index is 13.6. The number of rotatable bonds is 8. The summed E-state index contributed by atoms with van der Waals surface area (Å²) < 4.78 is 12.3. The van der Waals surface area contributed by atoms with Crippen LogP contribution in [0.1, 0.15) is 61.3 Å². The molecule has 1 aliphatic rings. The maximum Gasteiger partial charge on any atom is 0.328 e. The molecule has 0 spiro atoms. The van der Waals surface area contributed by atoms with Crippen LogP contribution in [0.2, 0.25) is 0 Å². The molecule has 9 nitrogen and oxygen atoms in total. The van der Waals surface area contributed by atoms with E-state index in [0.717, 1.165) is 17.3 Å². The summed E-state index contributed by atoms with van der Waals surface area (Å²) in [5, 5.41) is 4.41. The van der Waals surface area contributed by atoms with Crippen LogP contribution in [0.15, 0.2) is 71.7 Å². The number of carbonyl (C=O) groups excluding carboxylic acids is 2. The van der Waals surface area contributed by atoms with Gasteiger partial charge in [0.2, 0.25) is 18.0 Å². The molecule has 4 rings (SSSR count). The number of nitrogens with zero attached hydrogens (tertiary/aromatic N) is 3. The van der Waals surface area contributed by atoms with Gasteiger partial charge in [-0.05, 0) is 38.8 Å². The van der Waals surface area contributed by atoms with Crippen LogP contribution in [0.5, 0.6) is 5.75 Å². The van der Waals surface area contributed by atoms with Crippen LogP contribution >= 0.6 is 0 Å². The van der Waals surface area contributed by atoms with Crippen LogP contribution in [0.4, 0.5) is 0 Å². The Morgan fingerprint density at radius 1 is 1.05 bits per heavy atom. The van der Waals surface area contributed by atoms with Crippen molar-refractivity contribution in [3.63, 3.8) is 0 Å². The average Bonchev–Trinajstić information content (AvgIpc) is 2.87. The van der Waals surface area contributed by atoms with E-state index in [0.29, 0.717) is 6.54 Å². The first-order chi connectivity index (χ1) is 17.6. The molecule has 1 aromatic heterocycles. The highest BCUT2D eigenvalue weighted by atomic mass is 16.7. The Bertz CT molecular complexity index is 1280. The summed E-state index contributed by atoms with van der Waals surface area (Å²) in [6.45, 7) is 6.66. The number of benzene rings is 2. The van der Waals surface area contributed by atoms with Crippen molar-refractivity contribution in [3.05, 3.63) is 93.9 Å². The van der Waals surface area contributed by atoms with Crippen LogP contribution in [0.3, 0.4) is 0 Å². The molecule has 1 amide bonds. The molecule has 2 aromatic carbocycles. The zero-order valence-corrected chi connectivity index (χ0v) is 21.5. The van der Waals surface area contributed by atoms with Gasteiger partial charge in [-0.25, -0.2) is 4.79 Å². The first kappa shape index (κ1) is 26.1. The number of hydrogen-bond acceptors (Lipinski definition) is 7. The smallest absolute Gasteiger partial charge is 0.328 e. The number of amides is 1.